The molecule has 1 aliphatic rings. The van der Waals surface area contributed by atoms with E-state index in [2.05, 4.69) is 10.2 Å². The van der Waals surface area contributed by atoms with Crippen molar-refractivity contribution in [3.05, 3.63) is 54.1 Å². The van der Waals surface area contributed by atoms with E-state index in [-0.39, 0.29) is 12.5 Å². The molecule has 2 N–H and O–H groups in total. The highest BCUT2D eigenvalue weighted by Gasteiger charge is 2.30. The lowest BCUT2D eigenvalue weighted by atomic mass is 10.2. The van der Waals surface area contributed by atoms with Crippen LogP contribution in [0.2, 0.25) is 0 Å². The van der Waals surface area contributed by atoms with Crippen LogP contribution in [-0.4, -0.2) is 45.7 Å². The van der Waals surface area contributed by atoms with Crippen molar-refractivity contribution in [1.29, 1.82) is 0 Å². The van der Waals surface area contributed by atoms with Gasteiger partial charge in [-0.25, -0.2) is 0 Å². The highest BCUT2D eigenvalue weighted by atomic mass is 19.4. The number of anilines is 2. The lowest BCUT2D eigenvalue weighted by molar-refractivity contribution is -0.892. The number of ether oxygens (including phenoxy) is 1. The second-order valence-corrected chi connectivity index (χ2v) is 6.74. The number of hydrogen-bond acceptors (Lipinski definition) is 3. The first-order valence-corrected chi connectivity index (χ1v) is 9.05. The molecule has 8 heteroatoms. The fraction of sp³-hybridized carbons (Fsp3) is 0.350. The lowest BCUT2D eigenvalue weighted by Gasteiger charge is -2.33. The molecular formula is C20H23F3N3O2+. The van der Waals surface area contributed by atoms with Crippen LogP contribution in [0, 0.1) is 0 Å². The van der Waals surface area contributed by atoms with E-state index in [1.54, 1.807) is 7.11 Å². The van der Waals surface area contributed by atoms with Gasteiger partial charge < -0.3 is 19.9 Å². The van der Waals surface area contributed by atoms with Gasteiger partial charge in [-0.05, 0) is 36.4 Å². The van der Waals surface area contributed by atoms with Crippen molar-refractivity contribution in [2.75, 3.05) is 50.1 Å². The number of halogens is 3. The molecular weight excluding hydrogens is 371 g/mol. The average Bonchev–Trinajstić information content (AvgIpc) is 2.68. The Bertz CT molecular complexity index is 801. The second kappa shape index (κ2) is 8.52. The number of carbonyl (C=O) groups is 1. The predicted molar refractivity (Wildman–Crippen MR) is 101 cm³/mol. The molecule has 0 aliphatic carbocycles. The fourth-order valence-electron chi connectivity index (χ4n) is 3.24. The van der Waals surface area contributed by atoms with Crippen molar-refractivity contribution in [3.8, 4) is 5.75 Å². The van der Waals surface area contributed by atoms with Crippen molar-refractivity contribution in [3.63, 3.8) is 0 Å². The van der Waals surface area contributed by atoms with Crippen LogP contribution in [0.4, 0.5) is 24.5 Å². The van der Waals surface area contributed by atoms with E-state index < -0.39 is 11.7 Å². The minimum atomic E-state index is -4.38. The Kier molecular flexibility index (Phi) is 6.08. The molecule has 1 saturated heterocycles. The number of alkyl halides is 3. The largest absolute Gasteiger partial charge is 0.497 e. The van der Waals surface area contributed by atoms with Gasteiger partial charge in [0.25, 0.3) is 5.91 Å². The number of quaternary nitrogens is 1. The third kappa shape index (κ3) is 5.16. The number of amides is 1. The highest BCUT2D eigenvalue weighted by Crippen LogP contribution is 2.29. The van der Waals surface area contributed by atoms with Crippen LogP contribution < -0.4 is 19.9 Å². The zero-order valence-corrected chi connectivity index (χ0v) is 15.6. The Morgan fingerprint density at radius 2 is 1.82 bits per heavy atom. The number of nitrogens with one attached hydrogen (secondary N) is 2. The smallest absolute Gasteiger partial charge is 0.416 e. The van der Waals surface area contributed by atoms with Crippen molar-refractivity contribution in [2.45, 2.75) is 6.18 Å². The molecule has 2 aromatic rings. The van der Waals surface area contributed by atoms with Crippen LogP contribution in [0.15, 0.2) is 48.5 Å². The topological polar surface area (TPSA) is 46.0 Å². The first-order chi connectivity index (χ1) is 13.3. The van der Waals surface area contributed by atoms with Crippen LogP contribution in [-0.2, 0) is 11.0 Å². The van der Waals surface area contributed by atoms with Crippen molar-refractivity contribution in [2.24, 2.45) is 0 Å². The SMILES string of the molecule is COc1cccc(N2CC[NH+](CC(=O)Nc3ccc(C(F)(F)F)cc3)CC2)c1. The quantitative estimate of drug-likeness (QED) is 0.816. The molecule has 28 heavy (non-hydrogen) atoms. The monoisotopic (exact) mass is 394 g/mol. The predicted octanol–water partition coefficient (Wildman–Crippen LogP) is 2.06. The normalized spacial score (nSPS) is 15.4. The molecule has 2 aromatic carbocycles. The molecule has 3 rings (SSSR count). The van der Waals surface area contributed by atoms with E-state index in [0.717, 1.165) is 54.6 Å². The Morgan fingerprint density at radius 1 is 1.14 bits per heavy atom. The zero-order valence-electron chi connectivity index (χ0n) is 15.6. The molecule has 0 bridgehead atoms. The molecule has 0 spiro atoms. The minimum Gasteiger partial charge on any atom is -0.497 e. The Morgan fingerprint density at radius 3 is 2.43 bits per heavy atom. The molecule has 1 amide bonds. The zero-order chi connectivity index (χ0) is 20.1. The van der Waals surface area contributed by atoms with Gasteiger partial charge in [-0.2, -0.15) is 13.2 Å². The van der Waals surface area contributed by atoms with Gasteiger partial charge in [0.15, 0.2) is 6.54 Å². The maximum Gasteiger partial charge on any atom is 0.416 e. The maximum atomic E-state index is 12.6. The summed E-state index contributed by atoms with van der Waals surface area (Å²) in [6, 6.07) is 12.4. The number of piperazine rings is 1. The van der Waals surface area contributed by atoms with Crippen LogP contribution in [0.5, 0.6) is 5.75 Å². The molecule has 5 nitrogen and oxygen atoms in total. The van der Waals surface area contributed by atoms with Crippen LogP contribution >= 0.6 is 0 Å². The summed E-state index contributed by atoms with van der Waals surface area (Å²) in [4.78, 5) is 15.6. The molecule has 0 atom stereocenters. The summed E-state index contributed by atoms with van der Waals surface area (Å²) in [6.45, 7) is 3.52. The lowest BCUT2D eigenvalue weighted by Crippen LogP contribution is -3.15. The maximum absolute atomic E-state index is 12.6. The number of carbonyl (C=O) groups excluding carboxylic acids is 1. The molecule has 0 radical (unpaired) electrons. The number of methoxy groups -OCH3 is 1. The van der Waals surface area contributed by atoms with Gasteiger partial charge in [0, 0.05) is 17.4 Å². The Balaban J connectivity index is 1.48. The first-order valence-electron chi connectivity index (χ1n) is 9.05. The highest BCUT2D eigenvalue weighted by molar-refractivity contribution is 5.91. The number of nitrogens with zero attached hydrogens (tertiary/aromatic N) is 1. The van der Waals surface area contributed by atoms with Crippen molar-refractivity contribution < 1.29 is 27.6 Å². The van der Waals surface area contributed by atoms with Crippen LogP contribution in [0.3, 0.4) is 0 Å². The molecule has 0 saturated carbocycles. The third-order valence-electron chi connectivity index (χ3n) is 4.80. The van der Waals surface area contributed by atoms with E-state index in [9.17, 15) is 18.0 Å². The Labute approximate surface area is 161 Å². The van der Waals surface area contributed by atoms with E-state index >= 15 is 0 Å². The molecule has 0 unspecified atom stereocenters. The molecule has 150 valence electrons. The third-order valence-corrected chi connectivity index (χ3v) is 4.80. The second-order valence-electron chi connectivity index (χ2n) is 6.74. The minimum absolute atomic E-state index is 0.204. The summed E-state index contributed by atoms with van der Waals surface area (Å²) < 4.78 is 43.0. The van der Waals surface area contributed by atoms with Gasteiger partial charge >= 0.3 is 6.18 Å². The summed E-state index contributed by atoms with van der Waals surface area (Å²) in [6.07, 6.45) is -4.38. The number of hydrogen-bond donors (Lipinski definition) is 2. The van der Waals surface area contributed by atoms with Gasteiger partial charge in [-0.15, -0.1) is 0 Å². The van der Waals surface area contributed by atoms with Crippen molar-refractivity contribution in [1.82, 2.24) is 0 Å². The number of rotatable bonds is 5. The summed E-state index contributed by atoms with van der Waals surface area (Å²) in [5.41, 5.74) is 0.727. The van der Waals surface area contributed by atoms with Crippen molar-refractivity contribution >= 4 is 17.3 Å². The van der Waals surface area contributed by atoms with E-state index in [1.807, 2.05) is 24.3 Å². The van der Waals surface area contributed by atoms with Crippen LogP contribution in [0.1, 0.15) is 5.56 Å². The molecule has 1 heterocycles. The molecule has 0 aromatic heterocycles. The van der Waals surface area contributed by atoms with E-state index in [1.165, 1.54) is 12.1 Å². The Hall–Kier alpha value is -2.74. The summed E-state index contributed by atoms with van der Waals surface area (Å²) in [5, 5.41) is 2.67. The molecule has 1 fully saturated rings. The van der Waals surface area contributed by atoms with E-state index in [0.29, 0.717) is 5.69 Å². The van der Waals surface area contributed by atoms with Gasteiger partial charge in [0.05, 0.1) is 38.9 Å². The number of benzene rings is 2. The standard InChI is InChI=1S/C20H22F3N3O2/c1-28-18-4-2-3-17(13-18)26-11-9-25(10-12-26)14-19(27)24-16-7-5-15(6-8-16)20(21,22)23/h2-8,13H,9-12,14H2,1H3,(H,24,27)/p+1. The fourth-order valence-corrected chi connectivity index (χ4v) is 3.24. The van der Waals surface area contributed by atoms with Gasteiger partial charge in [-0.3, -0.25) is 4.79 Å². The molecule has 1 aliphatic heterocycles. The summed E-state index contributed by atoms with van der Waals surface area (Å²) in [5.74, 6) is 0.604. The van der Waals surface area contributed by atoms with Gasteiger partial charge in [-0.1, -0.05) is 6.07 Å². The van der Waals surface area contributed by atoms with Gasteiger partial charge in [0.1, 0.15) is 5.75 Å². The van der Waals surface area contributed by atoms with Crippen LogP contribution in [0.25, 0.3) is 0 Å². The first kappa shape index (κ1) is 20.0. The summed E-state index contributed by atoms with van der Waals surface area (Å²) >= 11 is 0. The van der Waals surface area contributed by atoms with Gasteiger partial charge in [0.2, 0.25) is 0 Å². The summed E-state index contributed by atoms with van der Waals surface area (Å²) in [7, 11) is 1.64. The average molecular weight is 394 g/mol. The van der Waals surface area contributed by atoms with E-state index in [4.69, 9.17) is 4.74 Å².